The molecule has 30 heavy (non-hydrogen) atoms. The van der Waals surface area contributed by atoms with E-state index in [1.54, 1.807) is 16.8 Å². The summed E-state index contributed by atoms with van der Waals surface area (Å²) in [6, 6.07) is 6.10. The van der Waals surface area contributed by atoms with Gasteiger partial charge in [0.05, 0.1) is 7.11 Å². The second-order valence-corrected chi connectivity index (χ2v) is 7.37. The van der Waals surface area contributed by atoms with Crippen molar-refractivity contribution in [3.63, 3.8) is 0 Å². The number of nitrogens with zero attached hydrogens (tertiary/aromatic N) is 5. The molecule has 2 aromatic heterocycles. The third-order valence-corrected chi connectivity index (χ3v) is 5.24. The Balaban J connectivity index is 1.48. The van der Waals surface area contributed by atoms with Crippen LogP contribution >= 0.6 is 0 Å². The van der Waals surface area contributed by atoms with Crippen LogP contribution in [0.15, 0.2) is 43.1 Å². The largest absolute Gasteiger partial charge is 0.494 e. The molecule has 0 aliphatic carbocycles. The maximum absolute atomic E-state index is 13.8. The molecule has 0 atom stereocenters. The van der Waals surface area contributed by atoms with Crippen LogP contribution in [0.25, 0.3) is 5.82 Å². The van der Waals surface area contributed by atoms with Gasteiger partial charge < -0.3 is 15.0 Å². The molecule has 0 saturated carbocycles. The summed E-state index contributed by atoms with van der Waals surface area (Å²) in [7, 11) is 1.38. The lowest BCUT2D eigenvalue weighted by Crippen LogP contribution is -2.33. The van der Waals surface area contributed by atoms with E-state index in [4.69, 9.17) is 4.74 Å². The van der Waals surface area contributed by atoms with Gasteiger partial charge in [-0.25, -0.2) is 19.3 Å². The quantitative estimate of drug-likeness (QED) is 0.695. The molecular formula is C21H23FN6O2. The molecule has 1 aliphatic heterocycles. The zero-order valence-corrected chi connectivity index (χ0v) is 16.9. The van der Waals surface area contributed by atoms with Crippen LogP contribution in [0.5, 0.6) is 5.75 Å². The van der Waals surface area contributed by atoms with Crippen LogP contribution < -0.4 is 15.0 Å². The van der Waals surface area contributed by atoms with Gasteiger partial charge in [-0.15, -0.1) is 0 Å². The smallest absolute Gasteiger partial charge is 0.275 e. The first-order valence-electron chi connectivity index (χ1n) is 9.79. The summed E-state index contributed by atoms with van der Waals surface area (Å²) in [4.78, 5) is 27.6. The van der Waals surface area contributed by atoms with Crippen LogP contribution in [0.2, 0.25) is 0 Å². The normalized spacial score (nSPS) is 14.6. The third-order valence-electron chi connectivity index (χ3n) is 5.24. The minimum atomic E-state index is -0.554. The van der Waals surface area contributed by atoms with Crippen LogP contribution in [0.3, 0.4) is 0 Å². The van der Waals surface area contributed by atoms with Crippen molar-refractivity contribution in [1.82, 2.24) is 19.5 Å². The first-order chi connectivity index (χ1) is 14.5. The lowest BCUT2D eigenvalue weighted by Gasteiger charge is -2.31. The number of nitrogens with one attached hydrogen (secondary N) is 1. The Bertz CT molecular complexity index is 1050. The maximum Gasteiger partial charge on any atom is 0.275 e. The molecule has 9 heteroatoms. The third kappa shape index (κ3) is 4.24. The van der Waals surface area contributed by atoms with Crippen molar-refractivity contribution in [3.8, 4) is 11.6 Å². The number of anilines is 2. The molecule has 156 valence electrons. The number of methoxy groups -OCH3 is 1. The second kappa shape index (κ2) is 8.48. The minimum absolute atomic E-state index is 0.111. The Morgan fingerprint density at radius 2 is 1.93 bits per heavy atom. The zero-order chi connectivity index (χ0) is 21.1. The molecule has 1 fully saturated rings. The Morgan fingerprint density at radius 1 is 1.17 bits per heavy atom. The fourth-order valence-corrected chi connectivity index (χ4v) is 3.39. The number of benzene rings is 1. The number of imidazole rings is 1. The molecule has 0 bridgehead atoms. The van der Waals surface area contributed by atoms with Crippen molar-refractivity contribution in [2.45, 2.75) is 19.8 Å². The van der Waals surface area contributed by atoms with Crippen LogP contribution in [0, 0.1) is 11.7 Å². The number of hydrogen-bond acceptors (Lipinski definition) is 6. The summed E-state index contributed by atoms with van der Waals surface area (Å²) >= 11 is 0. The summed E-state index contributed by atoms with van der Waals surface area (Å²) in [6.07, 6.45) is 6.90. The fraction of sp³-hybridized carbons (Fsp3) is 0.333. The maximum atomic E-state index is 13.8. The monoisotopic (exact) mass is 410 g/mol. The number of aromatic nitrogens is 4. The van der Waals surface area contributed by atoms with Crippen molar-refractivity contribution >= 4 is 17.4 Å². The summed E-state index contributed by atoms with van der Waals surface area (Å²) in [5.74, 6) is 1.33. The number of rotatable bonds is 5. The molecule has 8 nitrogen and oxygen atoms in total. The molecule has 1 aromatic carbocycles. The van der Waals surface area contributed by atoms with E-state index >= 15 is 0 Å². The standard InChI is InChI=1S/C21H23FN6O2/c1-14-5-7-27(8-6-14)19-10-20(24-12-23-19)28-11-17(25-13-28)21(29)26-15-3-4-18(30-2)16(22)9-15/h3-4,9-14H,5-8H2,1-2H3,(H,26,29). The molecule has 0 radical (unpaired) electrons. The van der Waals surface area contributed by atoms with Gasteiger partial charge in [-0.2, -0.15) is 0 Å². The number of amides is 1. The molecular weight excluding hydrogens is 387 g/mol. The van der Waals surface area contributed by atoms with Gasteiger partial charge in [0.15, 0.2) is 11.6 Å². The summed E-state index contributed by atoms with van der Waals surface area (Å²) < 4.78 is 20.4. The SMILES string of the molecule is COc1ccc(NC(=O)c2cn(-c3cc(N4CCC(C)CC4)ncn3)cn2)cc1F. The predicted octanol–water partition coefficient (Wildman–Crippen LogP) is 3.30. The number of carbonyl (C=O) groups is 1. The Morgan fingerprint density at radius 3 is 2.67 bits per heavy atom. The highest BCUT2D eigenvalue weighted by molar-refractivity contribution is 6.02. The molecule has 1 N–H and O–H groups in total. The number of hydrogen-bond donors (Lipinski definition) is 1. The van der Waals surface area contributed by atoms with Crippen molar-refractivity contribution in [2.24, 2.45) is 5.92 Å². The number of halogens is 1. The van der Waals surface area contributed by atoms with Crippen LogP contribution in [0.1, 0.15) is 30.3 Å². The van der Waals surface area contributed by atoms with E-state index in [1.807, 2.05) is 6.07 Å². The molecule has 1 saturated heterocycles. The van der Waals surface area contributed by atoms with Gasteiger partial charge in [0, 0.05) is 37.1 Å². The lowest BCUT2D eigenvalue weighted by atomic mass is 9.99. The van der Waals surface area contributed by atoms with Gasteiger partial charge in [0.2, 0.25) is 0 Å². The highest BCUT2D eigenvalue weighted by atomic mass is 19.1. The molecule has 0 spiro atoms. The number of ether oxygens (including phenoxy) is 1. The van der Waals surface area contributed by atoms with Crippen molar-refractivity contribution < 1.29 is 13.9 Å². The molecule has 3 aromatic rings. The first kappa shape index (κ1) is 19.8. The zero-order valence-electron chi connectivity index (χ0n) is 16.9. The summed E-state index contributed by atoms with van der Waals surface area (Å²) in [5, 5.41) is 2.63. The van der Waals surface area contributed by atoms with Gasteiger partial charge in [0.1, 0.15) is 30.0 Å². The summed E-state index contributed by atoms with van der Waals surface area (Å²) in [5.41, 5.74) is 0.509. The minimum Gasteiger partial charge on any atom is -0.494 e. The fourth-order valence-electron chi connectivity index (χ4n) is 3.39. The van der Waals surface area contributed by atoms with E-state index < -0.39 is 11.7 Å². The van der Waals surface area contributed by atoms with Crippen molar-refractivity contribution in [1.29, 1.82) is 0 Å². The van der Waals surface area contributed by atoms with E-state index in [2.05, 4.69) is 32.1 Å². The number of carbonyl (C=O) groups excluding carboxylic acids is 1. The highest BCUT2D eigenvalue weighted by Crippen LogP contribution is 2.23. The van der Waals surface area contributed by atoms with E-state index in [9.17, 15) is 9.18 Å². The first-order valence-corrected chi connectivity index (χ1v) is 9.79. The van der Waals surface area contributed by atoms with Crippen molar-refractivity contribution in [2.75, 3.05) is 30.4 Å². The van der Waals surface area contributed by atoms with E-state index in [0.717, 1.165) is 37.7 Å². The van der Waals surface area contributed by atoms with Gasteiger partial charge in [-0.05, 0) is 30.9 Å². The van der Waals surface area contributed by atoms with Gasteiger partial charge >= 0.3 is 0 Å². The number of piperidine rings is 1. The topological polar surface area (TPSA) is 85.2 Å². The van der Waals surface area contributed by atoms with Crippen LogP contribution in [-0.2, 0) is 0 Å². The van der Waals surface area contributed by atoms with Gasteiger partial charge in [0.25, 0.3) is 5.91 Å². The Labute approximate surface area is 173 Å². The van der Waals surface area contributed by atoms with Crippen molar-refractivity contribution in [3.05, 3.63) is 54.6 Å². The Hall–Kier alpha value is -3.49. The van der Waals surface area contributed by atoms with Crippen LogP contribution in [-0.4, -0.2) is 45.6 Å². The van der Waals surface area contributed by atoms with E-state index in [0.29, 0.717) is 11.5 Å². The van der Waals surface area contributed by atoms with Gasteiger partial charge in [-0.3, -0.25) is 9.36 Å². The molecule has 4 rings (SSSR count). The summed E-state index contributed by atoms with van der Waals surface area (Å²) in [6.45, 7) is 4.20. The van der Waals surface area contributed by atoms with Gasteiger partial charge in [-0.1, -0.05) is 6.92 Å². The molecule has 0 unspecified atom stereocenters. The Kier molecular flexibility index (Phi) is 5.60. The molecule has 3 heterocycles. The predicted molar refractivity (Wildman–Crippen MR) is 111 cm³/mol. The molecule has 1 aliphatic rings. The van der Waals surface area contributed by atoms with E-state index in [1.165, 1.54) is 31.9 Å². The lowest BCUT2D eigenvalue weighted by molar-refractivity contribution is 0.102. The van der Waals surface area contributed by atoms with E-state index in [-0.39, 0.29) is 11.4 Å². The average Bonchev–Trinajstić information content (AvgIpc) is 3.25. The highest BCUT2D eigenvalue weighted by Gasteiger charge is 2.18. The molecule has 1 amide bonds. The van der Waals surface area contributed by atoms with Crippen LogP contribution in [0.4, 0.5) is 15.9 Å². The average molecular weight is 410 g/mol. The second-order valence-electron chi connectivity index (χ2n) is 7.37.